The fraction of sp³-hybridized carbons (Fsp3) is 0.0909. The fourth-order valence-corrected chi connectivity index (χ4v) is 5.35. The van der Waals surface area contributed by atoms with E-state index in [9.17, 15) is 17.0 Å². The van der Waals surface area contributed by atoms with Gasteiger partial charge in [0.25, 0.3) is 0 Å². The van der Waals surface area contributed by atoms with E-state index in [1.807, 2.05) is 26.0 Å². The van der Waals surface area contributed by atoms with Crippen molar-refractivity contribution in [2.75, 3.05) is 0 Å². The van der Waals surface area contributed by atoms with E-state index < -0.39 is 26.5 Å². The van der Waals surface area contributed by atoms with Gasteiger partial charge in [-0.1, -0.05) is 47.5 Å². The molecule has 0 saturated heterocycles. The van der Waals surface area contributed by atoms with E-state index in [1.165, 1.54) is 36.4 Å². The first-order chi connectivity index (χ1) is 13.3. The molecular weight excluding hydrogens is 395 g/mol. The van der Waals surface area contributed by atoms with Crippen LogP contribution in [0.1, 0.15) is 16.7 Å². The predicted octanol–water partition coefficient (Wildman–Crippen LogP) is 5.02. The second-order valence-corrected chi connectivity index (χ2v) is 9.67. The molecule has 0 aromatic heterocycles. The van der Waals surface area contributed by atoms with Crippen LogP contribution in [-0.4, -0.2) is 12.6 Å². The molecular formula is C22H19FO3S2. The summed E-state index contributed by atoms with van der Waals surface area (Å²) in [6, 6.07) is 18.7. The Kier molecular flexibility index (Phi) is 5.91. The van der Waals surface area contributed by atoms with Gasteiger partial charge in [0.05, 0.1) is 26.0 Å². The van der Waals surface area contributed by atoms with E-state index in [4.69, 9.17) is 0 Å². The van der Waals surface area contributed by atoms with Crippen molar-refractivity contribution in [3.8, 4) is 0 Å². The Morgan fingerprint density at radius 2 is 1.32 bits per heavy atom. The molecule has 0 aliphatic heterocycles. The largest absolute Gasteiger partial charge is 0.249 e. The maximum atomic E-state index is 13.3. The van der Waals surface area contributed by atoms with Crippen LogP contribution in [0.2, 0.25) is 0 Å². The van der Waals surface area contributed by atoms with Gasteiger partial charge in [-0.2, -0.15) is 0 Å². The summed E-state index contributed by atoms with van der Waals surface area (Å²) in [4.78, 5) is 0.684. The maximum absolute atomic E-state index is 13.3. The molecule has 6 heteroatoms. The summed E-state index contributed by atoms with van der Waals surface area (Å²) in [6.45, 7) is 3.77. The molecule has 3 rings (SSSR count). The summed E-state index contributed by atoms with van der Waals surface area (Å²) >= 11 is 0. The van der Waals surface area contributed by atoms with Gasteiger partial charge >= 0.3 is 0 Å². The van der Waals surface area contributed by atoms with Crippen molar-refractivity contribution in [3.63, 3.8) is 0 Å². The van der Waals surface area contributed by atoms with E-state index in [0.717, 1.165) is 16.5 Å². The van der Waals surface area contributed by atoms with Crippen LogP contribution in [0.25, 0.3) is 4.91 Å². The normalized spacial score (nSPS) is 13.3. The summed E-state index contributed by atoms with van der Waals surface area (Å²) in [5, 5.41) is 1.01. The molecule has 0 radical (unpaired) electrons. The Labute approximate surface area is 166 Å². The quantitative estimate of drug-likeness (QED) is 0.589. The number of rotatable bonds is 5. The first kappa shape index (κ1) is 20.2. The van der Waals surface area contributed by atoms with Crippen molar-refractivity contribution < 1.29 is 17.0 Å². The van der Waals surface area contributed by atoms with Crippen LogP contribution in [0.3, 0.4) is 0 Å². The number of benzene rings is 3. The molecule has 0 saturated carbocycles. The van der Waals surface area contributed by atoms with Crippen molar-refractivity contribution in [3.05, 3.63) is 101 Å². The van der Waals surface area contributed by atoms with Crippen LogP contribution in [0, 0.1) is 19.7 Å². The third-order valence-electron chi connectivity index (χ3n) is 4.18. The average Bonchev–Trinajstić information content (AvgIpc) is 2.67. The Bertz CT molecular complexity index is 1130. The third kappa shape index (κ3) is 4.64. The lowest BCUT2D eigenvalue weighted by Crippen LogP contribution is -2.03. The molecule has 28 heavy (non-hydrogen) atoms. The zero-order valence-electron chi connectivity index (χ0n) is 15.4. The average molecular weight is 415 g/mol. The highest BCUT2D eigenvalue weighted by molar-refractivity contribution is 7.99. The SMILES string of the molecule is Cc1ccc(S(=O)C(=CS(=O)(=O)c2ccc(C)cc2)c2ccc(F)cc2)cc1. The zero-order chi connectivity index (χ0) is 20.3. The summed E-state index contributed by atoms with van der Waals surface area (Å²) in [6.07, 6.45) is 0. The Balaban J connectivity index is 2.13. The van der Waals surface area contributed by atoms with Crippen LogP contribution < -0.4 is 0 Å². The topological polar surface area (TPSA) is 51.2 Å². The molecule has 0 amide bonds. The van der Waals surface area contributed by atoms with Crippen molar-refractivity contribution in [2.24, 2.45) is 0 Å². The van der Waals surface area contributed by atoms with Crippen LogP contribution in [0.4, 0.5) is 4.39 Å². The minimum absolute atomic E-state index is 0.101. The van der Waals surface area contributed by atoms with Crippen LogP contribution >= 0.6 is 0 Å². The number of hydrogen-bond donors (Lipinski definition) is 0. The highest BCUT2D eigenvalue weighted by Gasteiger charge is 2.19. The Hall–Kier alpha value is -2.57. The van der Waals surface area contributed by atoms with Gasteiger partial charge in [0.15, 0.2) is 0 Å². The minimum Gasteiger partial charge on any atom is -0.249 e. The van der Waals surface area contributed by atoms with E-state index in [2.05, 4.69) is 0 Å². The lowest BCUT2D eigenvalue weighted by molar-refractivity contribution is 0.604. The maximum Gasteiger partial charge on any atom is 0.201 e. The van der Waals surface area contributed by atoms with E-state index >= 15 is 0 Å². The lowest BCUT2D eigenvalue weighted by Gasteiger charge is -2.10. The molecule has 0 fully saturated rings. The first-order valence-corrected chi connectivity index (χ1v) is 11.2. The molecule has 3 nitrogen and oxygen atoms in total. The van der Waals surface area contributed by atoms with Crippen LogP contribution in [0.15, 0.2) is 88.0 Å². The number of aryl methyl sites for hydroxylation is 2. The van der Waals surface area contributed by atoms with Gasteiger partial charge < -0.3 is 0 Å². The number of sulfone groups is 1. The fourth-order valence-electron chi connectivity index (χ4n) is 2.56. The monoisotopic (exact) mass is 414 g/mol. The van der Waals surface area contributed by atoms with Crippen molar-refractivity contribution in [1.29, 1.82) is 0 Å². The van der Waals surface area contributed by atoms with Gasteiger partial charge in [0.1, 0.15) is 5.82 Å². The van der Waals surface area contributed by atoms with E-state index in [0.29, 0.717) is 10.5 Å². The summed E-state index contributed by atoms with van der Waals surface area (Å²) in [5.74, 6) is -0.453. The predicted molar refractivity (Wildman–Crippen MR) is 110 cm³/mol. The second kappa shape index (κ2) is 8.20. The van der Waals surface area contributed by atoms with Gasteiger partial charge in [-0.15, -0.1) is 0 Å². The standard InChI is InChI=1S/C22H19FO3S2/c1-16-3-11-20(12-4-16)27(24)22(18-7-9-19(23)10-8-18)15-28(25,26)21-13-5-17(2)6-14-21/h3-15H,1-2H3. The summed E-state index contributed by atoms with van der Waals surface area (Å²) < 4.78 is 52.3. The smallest absolute Gasteiger partial charge is 0.201 e. The molecule has 144 valence electrons. The molecule has 0 N–H and O–H groups in total. The van der Waals surface area contributed by atoms with E-state index in [-0.39, 0.29) is 9.80 Å². The van der Waals surface area contributed by atoms with Gasteiger partial charge in [0, 0.05) is 4.90 Å². The van der Waals surface area contributed by atoms with Gasteiger partial charge in [-0.3, -0.25) is 0 Å². The van der Waals surface area contributed by atoms with E-state index in [1.54, 1.807) is 24.3 Å². The minimum atomic E-state index is -3.84. The molecule has 0 heterocycles. The first-order valence-electron chi connectivity index (χ1n) is 8.54. The zero-order valence-corrected chi connectivity index (χ0v) is 17.1. The summed E-state index contributed by atoms with van der Waals surface area (Å²) in [5.41, 5.74) is 2.32. The molecule has 0 spiro atoms. The number of hydrogen-bond acceptors (Lipinski definition) is 3. The Morgan fingerprint density at radius 3 is 1.86 bits per heavy atom. The van der Waals surface area contributed by atoms with Crippen molar-refractivity contribution in [2.45, 2.75) is 23.6 Å². The van der Waals surface area contributed by atoms with Gasteiger partial charge in [-0.25, -0.2) is 17.0 Å². The molecule has 0 aliphatic rings. The van der Waals surface area contributed by atoms with Crippen molar-refractivity contribution in [1.82, 2.24) is 0 Å². The Morgan fingerprint density at radius 1 is 0.821 bits per heavy atom. The highest BCUT2D eigenvalue weighted by atomic mass is 32.2. The van der Waals surface area contributed by atoms with Crippen LogP contribution in [0.5, 0.6) is 0 Å². The van der Waals surface area contributed by atoms with Gasteiger partial charge in [0.2, 0.25) is 9.84 Å². The molecule has 1 unspecified atom stereocenters. The molecule has 3 aromatic rings. The van der Waals surface area contributed by atoms with Gasteiger partial charge in [-0.05, 0) is 55.8 Å². The molecule has 3 aromatic carbocycles. The van der Waals surface area contributed by atoms with Crippen LogP contribution in [-0.2, 0) is 20.6 Å². The van der Waals surface area contributed by atoms with Crippen molar-refractivity contribution >= 4 is 25.5 Å². The molecule has 1 atom stereocenters. The molecule has 0 aliphatic carbocycles. The molecule has 0 bridgehead atoms. The third-order valence-corrected chi connectivity index (χ3v) is 7.25. The lowest BCUT2D eigenvalue weighted by atomic mass is 10.2. The summed E-state index contributed by atoms with van der Waals surface area (Å²) in [7, 11) is -5.60. The number of halogens is 1. The highest BCUT2D eigenvalue weighted by Crippen LogP contribution is 2.28. The second-order valence-electron chi connectivity index (χ2n) is 6.43.